The van der Waals surface area contributed by atoms with Gasteiger partial charge in [-0.1, -0.05) is 20.3 Å². The molecule has 2 N–H and O–H groups in total. The Kier molecular flexibility index (Phi) is 8.52. The first-order chi connectivity index (χ1) is 9.63. The number of aliphatic imine (C=N–C) groups is 1. The molecule has 0 radical (unpaired) electrons. The van der Waals surface area contributed by atoms with E-state index in [0.717, 1.165) is 49.4 Å². The number of nitrogens with zero attached hydrogens (tertiary/aromatic N) is 1. The van der Waals surface area contributed by atoms with Gasteiger partial charge in [-0.2, -0.15) is 0 Å². The number of guanidine groups is 1. The zero-order valence-corrected chi connectivity index (χ0v) is 16.6. The fourth-order valence-electron chi connectivity index (χ4n) is 3.05. The minimum Gasteiger partial charge on any atom is -0.356 e. The zero-order chi connectivity index (χ0) is 14.5. The summed E-state index contributed by atoms with van der Waals surface area (Å²) in [6.07, 6.45) is 5.80. The maximum Gasteiger partial charge on any atom is 0.191 e. The van der Waals surface area contributed by atoms with Crippen LogP contribution in [0.2, 0.25) is 0 Å². The second-order valence-corrected chi connectivity index (χ2v) is 8.23. The summed E-state index contributed by atoms with van der Waals surface area (Å²) in [6, 6.07) is 0.423. The molecule has 5 atom stereocenters. The second-order valence-electron chi connectivity index (χ2n) is 6.23. The molecular formula is C15H30IN3OS. The molecule has 6 heteroatoms. The van der Waals surface area contributed by atoms with Gasteiger partial charge in [-0.25, -0.2) is 0 Å². The van der Waals surface area contributed by atoms with E-state index in [4.69, 9.17) is 0 Å². The molecule has 5 unspecified atom stereocenters. The van der Waals surface area contributed by atoms with Crippen molar-refractivity contribution in [1.29, 1.82) is 0 Å². The highest BCUT2D eigenvalue weighted by atomic mass is 127. The highest BCUT2D eigenvalue weighted by Crippen LogP contribution is 2.36. The standard InChI is InChI=1S/C15H29N3OS.HI/c1-4-20(19)14-7-5-6-13(9-14)18-15(16-3)17-10-12-8-11(12)2;/h11-14H,4-10H2,1-3H3,(H2,16,17,18);1H. The molecule has 4 nitrogen and oxygen atoms in total. The van der Waals surface area contributed by atoms with Gasteiger partial charge in [-0.05, 0) is 37.5 Å². The first-order valence-electron chi connectivity index (χ1n) is 7.98. The van der Waals surface area contributed by atoms with Crippen LogP contribution in [0.3, 0.4) is 0 Å². The van der Waals surface area contributed by atoms with E-state index in [0.29, 0.717) is 11.3 Å². The lowest BCUT2D eigenvalue weighted by molar-refractivity contribution is 0.413. The van der Waals surface area contributed by atoms with Crippen molar-refractivity contribution in [3.8, 4) is 0 Å². The highest BCUT2D eigenvalue weighted by Gasteiger charge is 2.32. The maximum atomic E-state index is 12.0. The van der Waals surface area contributed by atoms with Gasteiger partial charge in [0.25, 0.3) is 0 Å². The Hall–Kier alpha value is 0.150. The summed E-state index contributed by atoms with van der Waals surface area (Å²) in [7, 11) is 1.17. The molecule has 2 rings (SSSR count). The largest absolute Gasteiger partial charge is 0.356 e. The first-order valence-corrected chi connectivity index (χ1v) is 9.36. The van der Waals surface area contributed by atoms with Crippen molar-refractivity contribution in [3.05, 3.63) is 0 Å². The predicted octanol–water partition coefficient (Wildman–Crippen LogP) is 2.51. The molecule has 0 bridgehead atoms. The second kappa shape index (κ2) is 9.33. The van der Waals surface area contributed by atoms with Crippen LogP contribution in [0.5, 0.6) is 0 Å². The summed E-state index contributed by atoms with van der Waals surface area (Å²) in [5, 5.41) is 7.32. The summed E-state index contributed by atoms with van der Waals surface area (Å²) in [4.78, 5) is 4.32. The van der Waals surface area contributed by atoms with Gasteiger partial charge in [0.2, 0.25) is 0 Å². The van der Waals surface area contributed by atoms with Crippen LogP contribution in [0.15, 0.2) is 4.99 Å². The molecule has 2 aliphatic carbocycles. The number of hydrogen-bond acceptors (Lipinski definition) is 2. The first kappa shape index (κ1) is 19.2. The van der Waals surface area contributed by atoms with Crippen molar-refractivity contribution in [2.75, 3.05) is 19.3 Å². The smallest absolute Gasteiger partial charge is 0.191 e. The molecule has 0 heterocycles. The monoisotopic (exact) mass is 427 g/mol. The SMILES string of the molecule is CCS(=O)C1CCCC(NC(=NC)NCC2CC2C)C1.I. The molecule has 0 spiro atoms. The van der Waals surface area contributed by atoms with Crippen molar-refractivity contribution in [1.82, 2.24) is 10.6 Å². The van der Waals surface area contributed by atoms with E-state index in [-0.39, 0.29) is 24.0 Å². The van der Waals surface area contributed by atoms with Gasteiger partial charge in [-0.15, -0.1) is 24.0 Å². The average molecular weight is 427 g/mol. The van der Waals surface area contributed by atoms with Crippen molar-refractivity contribution >= 4 is 40.7 Å². The van der Waals surface area contributed by atoms with Gasteiger partial charge in [0.05, 0.1) is 0 Å². The van der Waals surface area contributed by atoms with E-state index in [1.54, 1.807) is 0 Å². The molecule has 0 aliphatic heterocycles. The number of hydrogen-bond donors (Lipinski definition) is 2. The minimum absolute atomic E-state index is 0. The normalized spacial score (nSPS) is 33.8. The van der Waals surface area contributed by atoms with Crippen LogP contribution >= 0.6 is 24.0 Å². The molecular weight excluding hydrogens is 397 g/mol. The molecule has 0 aromatic carbocycles. The van der Waals surface area contributed by atoms with Crippen LogP contribution in [0.4, 0.5) is 0 Å². The number of rotatable bonds is 5. The average Bonchev–Trinajstić information content (AvgIpc) is 3.18. The van der Waals surface area contributed by atoms with Crippen LogP contribution in [-0.2, 0) is 10.8 Å². The summed E-state index contributed by atoms with van der Waals surface area (Å²) < 4.78 is 12.0. The van der Waals surface area contributed by atoms with E-state index in [9.17, 15) is 4.21 Å². The van der Waals surface area contributed by atoms with Gasteiger partial charge in [0.1, 0.15) is 0 Å². The maximum absolute atomic E-state index is 12.0. The molecule has 2 saturated carbocycles. The van der Waals surface area contributed by atoms with E-state index in [1.165, 1.54) is 12.8 Å². The molecule has 21 heavy (non-hydrogen) atoms. The van der Waals surface area contributed by atoms with Gasteiger partial charge in [-0.3, -0.25) is 9.20 Å². The molecule has 2 fully saturated rings. The Labute approximate surface area is 148 Å². The van der Waals surface area contributed by atoms with Crippen LogP contribution in [0.25, 0.3) is 0 Å². The minimum atomic E-state index is -0.657. The molecule has 2 aliphatic rings. The fourth-order valence-corrected chi connectivity index (χ4v) is 4.40. The Balaban J connectivity index is 0.00000220. The van der Waals surface area contributed by atoms with Gasteiger partial charge in [0.15, 0.2) is 5.96 Å². The lowest BCUT2D eigenvalue weighted by atomic mass is 9.95. The Morgan fingerprint density at radius 1 is 1.33 bits per heavy atom. The highest BCUT2D eigenvalue weighted by molar-refractivity contribution is 14.0. The summed E-state index contributed by atoms with van der Waals surface area (Å²) >= 11 is 0. The molecule has 0 aromatic heterocycles. The van der Waals surface area contributed by atoms with E-state index < -0.39 is 10.8 Å². The van der Waals surface area contributed by atoms with Crippen molar-refractivity contribution in [3.63, 3.8) is 0 Å². The van der Waals surface area contributed by atoms with Gasteiger partial charge < -0.3 is 10.6 Å². The number of halogens is 1. The van der Waals surface area contributed by atoms with E-state index >= 15 is 0 Å². The van der Waals surface area contributed by atoms with E-state index in [2.05, 4.69) is 22.5 Å². The molecule has 124 valence electrons. The van der Waals surface area contributed by atoms with Crippen LogP contribution in [-0.4, -0.2) is 40.8 Å². The van der Waals surface area contributed by atoms with Crippen molar-refractivity contribution in [2.24, 2.45) is 16.8 Å². The van der Waals surface area contributed by atoms with Crippen LogP contribution in [0, 0.1) is 11.8 Å². The van der Waals surface area contributed by atoms with E-state index in [1.807, 2.05) is 14.0 Å². The lowest BCUT2D eigenvalue weighted by Crippen LogP contribution is -2.47. The van der Waals surface area contributed by atoms with Crippen molar-refractivity contribution in [2.45, 2.75) is 57.2 Å². The topological polar surface area (TPSA) is 53.5 Å². The Morgan fingerprint density at radius 2 is 2.05 bits per heavy atom. The molecule has 0 saturated heterocycles. The van der Waals surface area contributed by atoms with Crippen LogP contribution < -0.4 is 10.6 Å². The Morgan fingerprint density at radius 3 is 2.62 bits per heavy atom. The van der Waals surface area contributed by atoms with Crippen molar-refractivity contribution < 1.29 is 4.21 Å². The summed E-state index contributed by atoms with van der Waals surface area (Å²) in [6.45, 7) is 5.34. The van der Waals surface area contributed by atoms with Crippen LogP contribution in [0.1, 0.15) is 46.0 Å². The van der Waals surface area contributed by atoms with Gasteiger partial charge >= 0.3 is 0 Å². The third-order valence-electron chi connectivity index (χ3n) is 4.65. The summed E-state index contributed by atoms with van der Waals surface area (Å²) in [5.74, 6) is 3.38. The fraction of sp³-hybridized carbons (Fsp3) is 0.933. The third-order valence-corrected chi connectivity index (χ3v) is 6.40. The summed E-state index contributed by atoms with van der Waals surface area (Å²) in [5.41, 5.74) is 0. The molecule has 0 amide bonds. The quantitative estimate of drug-likeness (QED) is 0.403. The number of nitrogens with one attached hydrogen (secondary N) is 2. The predicted molar refractivity (Wildman–Crippen MR) is 102 cm³/mol. The lowest BCUT2D eigenvalue weighted by Gasteiger charge is -2.30. The third kappa shape index (κ3) is 6.04. The Bertz CT molecular complexity index is 378. The molecule has 0 aromatic rings. The zero-order valence-electron chi connectivity index (χ0n) is 13.4. The van der Waals surface area contributed by atoms with Gasteiger partial charge in [0, 0.05) is 41.4 Å².